The number of amides is 1. The Balaban J connectivity index is 2.26. The minimum atomic E-state index is -0.148. The van der Waals surface area contributed by atoms with Gasteiger partial charge in [-0.1, -0.05) is 19.8 Å². The number of furan rings is 1. The largest absolute Gasteiger partial charge is 0.506 e. The molecule has 0 aliphatic carbocycles. The van der Waals surface area contributed by atoms with Gasteiger partial charge >= 0.3 is 0 Å². The average Bonchev–Trinajstić information content (AvgIpc) is 2.88. The second-order valence-electron chi connectivity index (χ2n) is 4.98. The highest BCUT2D eigenvalue weighted by atomic mass is 79.9. The van der Waals surface area contributed by atoms with Crippen LogP contribution in [0, 0.1) is 0 Å². The molecule has 0 spiro atoms. The first-order chi connectivity index (χ1) is 9.95. The van der Waals surface area contributed by atoms with E-state index in [1.54, 1.807) is 24.1 Å². The van der Waals surface area contributed by atoms with Gasteiger partial charge in [-0.25, -0.2) is 0 Å². The van der Waals surface area contributed by atoms with Crippen molar-refractivity contribution in [1.82, 2.24) is 4.90 Å². The minimum Gasteiger partial charge on any atom is -0.506 e. The van der Waals surface area contributed by atoms with Crippen LogP contribution in [0.25, 0.3) is 11.0 Å². The molecule has 0 atom stereocenters. The maximum Gasteiger partial charge on any atom is 0.289 e. The van der Waals surface area contributed by atoms with Crippen LogP contribution in [-0.4, -0.2) is 29.5 Å². The van der Waals surface area contributed by atoms with Crippen molar-refractivity contribution < 1.29 is 14.3 Å². The van der Waals surface area contributed by atoms with Gasteiger partial charge in [0.2, 0.25) is 0 Å². The predicted molar refractivity (Wildman–Crippen MR) is 89.8 cm³/mol. The first kappa shape index (κ1) is 16.4. The minimum absolute atomic E-state index is 0.0959. The van der Waals surface area contributed by atoms with E-state index in [1.807, 2.05) is 0 Å². The number of nitrogens with zero attached hydrogens (tertiary/aromatic N) is 1. The molecule has 2 aromatic rings. The van der Waals surface area contributed by atoms with Crippen LogP contribution in [0.2, 0.25) is 0 Å². The van der Waals surface area contributed by atoms with E-state index in [0.717, 1.165) is 19.3 Å². The zero-order valence-electron chi connectivity index (χ0n) is 11.9. The van der Waals surface area contributed by atoms with Crippen molar-refractivity contribution in [2.75, 3.05) is 13.6 Å². The number of halogens is 2. The monoisotopic (exact) mass is 417 g/mol. The molecule has 0 unspecified atom stereocenters. The van der Waals surface area contributed by atoms with Gasteiger partial charge in [-0.15, -0.1) is 0 Å². The Kier molecular flexibility index (Phi) is 5.32. The molecule has 1 heterocycles. The molecule has 1 aromatic heterocycles. The number of unbranched alkanes of at least 4 members (excludes halogenated alkanes) is 2. The fraction of sp³-hybridized carbons (Fsp3) is 0.400. The Morgan fingerprint density at radius 3 is 2.71 bits per heavy atom. The number of rotatable bonds is 5. The standard InChI is InChI=1S/C15H17Br2NO3/c1-3-4-5-6-18(2)15(20)12-7-9-11(21-12)8-10(16)14(19)13(9)17/h7-8,19H,3-6H2,1-2H3. The summed E-state index contributed by atoms with van der Waals surface area (Å²) in [4.78, 5) is 14.0. The van der Waals surface area contributed by atoms with E-state index in [2.05, 4.69) is 38.8 Å². The Labute approximate surface area is 140 Å². The van der Waals surface area contributed by atoms with E-state index in [1.165, 1.54) is 0 Å². The smallest absolute Gasteiger partial charge is 0.289 e. The number of phenols is 1. The van der Waals surface area contributed by atoms with Crippen LogP contribution in [0.15, 0.2) is 25.5 Å². The molecule has 0 aliphatic rings. The average molecular weight is 419 g/mol. The molecule has 6 heteroatoms. The zero-order valence-corrected chi connectivity index (χ0v) is 15.1. The number of phenolic OH excluding ortho intramolecular Hbond substituents is 1. The Morgan fingerprint density at radius 1 is 1.33 bits per heavy atom. The van der Waals surface area contributed by atoms with Crippen LogP contribution in [0.1, 0.15) is 36.7 Å². The van der Waals surface area contributed by atoms with Crippen LogP contribution in [-0.2, 0) is 0 Å². The molecule has 0 saturated heterocycles. The fourth-order valence-electron chi connectivity index (χ4n) is 2.09. The SMILES string of the molecule is CCCCCN(C)C(=O)c1cc2c(Br)c(O)c(Br)cc2o1. The van der Waals surface area contributed by atoms with Crippen LogP contribution >= 0.6 is 31.9 Å². The highest BCUT2D eigenvalue weighted by Crippen LogP contribution is 2.40. The van der Waals surface area contributed by atoms with Gasteiger partial charge in [-0.3, -0.25) is 4.79 Å². The number of carbonyl (C=O) groups is 1. The Morgan fingerprint density at radius 2 is 2.05 bits per heavy atom. The Hall–Kier alpha value is -1.01. The summed E-state index contributed by atoms with van der Waals surface area (Å²) in [6, 6.07) is 3.31. The normalized spacial score (nSPS) is 11.0. The lowest BCUT2D eigenvalue weighted by atomic mass is 10.2. The van der Waals surface area contributed by atoms with E-state index in [9.17, 15) is 9.90 Å². The third-order valence-corrected chi connectivity index (χ3v) is 4.75. The number of hydrogen-bond acceptors (Lipinski definition) is 3. The van der Waals surface area contributed by atoms with Gasteiger partial charge in [0, 0.05) is 19.0 Å². The van der Waals surface area contributed by atoms with Crippen molar-refractivity contribution in [3.63, 3.8) is 0 Å². The summed E-state index contributed by atoms with van der Waals surface area (Å²) in [6.45, 7) is 2.84. The van der Waals surface area contributed by atoms with Gasteiger partial charge in [0.25, 0.3) is 5.91 Å². The topological polar surface area (TPSA) is 53.7 Å². The highest BCUT2D eigenvalue weighted by Gasteiger charge is 2.19. The van der Waals surface area contributed by atoms with Gasteiger partial charge < -0.3 is 14.4 Å². The van der Waals surface area contributed by atoms with Gasteiger partial charge in [-0.2, -0.15) is 0 Å². The summed E-state index contributed by atoms with van der Waals surface area (Å²) in [7, 11) is 1.77. The van der Waals surface area contributed by atoms with Crippen molar-refractivity contribution in [1.29, 1.82) is 0 Å². The quantitative estimate of drug-likeness (QED) is 0.700. The lowest BCUT2D eigenvalue weighted by molar-refractivity contribution is 0.0763. The molecule has 0 bridgehead atoms. The molecule has 21 heavy (non-hydrogen) atoms. The maximum atomic E-state index is 12.3. The maximum absolute atomic E-state index is 12.3. The first-order valence-electron chi connectivity index (χ1n) is 6.81. The lowest BCUT2D eigenvalue weighted by Gasteiger charge is -2.14. The van der Waals surface area contributed by atoms with Crippen molar-refractivity contribution in [3.05, 3.63) is 26.8 Å². The summed E-state index contributed by atoms with van der Waals surface area (Å²) in [5, 5.41) is 10.6. The van der Waals surface area contributed by atoms with Crippen molar-refractivity contribution >= 4 is 48.7 Å². The van der Waals surface area contributed by atoms with Crippen LogP contribution in [0.3, 0.4) is 0 Å². The number of hydrogen-bond donors (Lipinski definition) is 1. The fourth-order valence-corrected chi connectivity index (χ4v) is 3.29. The van der Waals surface area contributed by atoms with Crippen LogP contribution in [0.4, 0.5) is 0 Å². The van der Waals surface area contributed by atoms with Gasteiger partial charge in [0.05, 0.1) is 8.95 Å². The summed E-state index contributed by atoms with van der Waals surface area (Å²) in [5.41, 5.74) is 0.553. The zero-order chi connectivity index (χ0) is 15.6. The van der Waals surface area contributed by atoms with Gasteiger partial charge in [0.15, 0.2) is 5.76 Å². The second-order valence-corrected chi connectivity index (χ2v) is 6.62. The Bertz CT molecular complexity index is 666. The van der Waals surface area contributed by atoms with Crippen molar-refractivity contribution in [3.8, 4) is 5.75 Å². The van der Waals surface area contributed by atoms with E-state index < -0.39 is 0 Å². The number of aromatic hydroxyl groups is 1. The third kappa shape index (κ3) is 3.43. The molecule has 2 rings (SSSR count). The van der Waals surface area contributed by atoms with Crippen LogP contribution < -0.4 is 0 Å². The molecule has 1 amide bonds. The molecular formula is C15H17Br2NO3. The van der Waals surface area contributed by atoms with E-state index in [0.29, 0.717) is 26.5 Å². The summed E-state index contributed by atoms with van der Waals surface area (Å²) in [5.74, 6) is 0.227. The molecule has 0 radical (unpaired) electrons. The number of fused-ring (bicyclic) bond motifs is 1. The summed E-state index contributed by atoms with van der Waals surface area (Å²) >= 11 is 6.57. The van der Waals surface area contributed by atoms with E-state index in [4.69, 9.17) is 4.42 Å². The van der Waals surface area contributed by atoms with Crippen molar-refractivity contribution in [2.45, 2.75) is 26.2 Å². The molecule has 1 N–H and O–H groups in total. The molecule has 0 fully saturated rings. The highest BCUT2D eigenvalue weighted by molar-refractivity contribution is 9.11. The number of carbonyl (C=O) groups excluding carboxylic acids is 1. The first-order valence-corrected chi connectivity index (χ1v) is 8.40. The summed E-state index contributed by atoms with van der Waals surface area (Å²) < 4.78 is 6.65. The molecule has 0 saturated carbocycles. The molecular weight excluding hydrogens is 402 g/mol. The summed E-state index contributed by atoms with van der Waals surface area (Å²) in [6.07, 6.45) is 3.20. The number of benzene rings is 1. The molecule has 1 aromatic carbocycles. The van der Waals surface area contributed by atoms with Crippen molar-refractivity contribution in [2.24, 2.45) is 0 Å². The third-order valence-electron chi connectivity index (χ3n) is 3.34. The van der Waals surface area contributed by atoms with Crippen LogP contribution in [0.5, 0.6) is 5.75 Å². The van der Waals surface area contributed by atoms with Gasteiger partial charge in [0.1, 0.15) is 11.3 Å². The molecule has 0 aliphatic heterocycles. The lowest BCUT2D eigenvalue weighted by Crippen LogP contribution is -2.27. The predicted octanol–water partition coefficient (Wildman–Crippen LogP) is 4.93. The molecule has 4 nitrogen and oxygen atoms in total. The van der Waals surface area contributed by atoms with E-state index >= 15 is 0 Å². The second kappa shape index (κ2) is 6.83. The van der Waals surface area contributed by atoms with Gasteiger partial charge in [-0.05, 0) is 50.4 Å². The van der Waals surface area contributed by atoms with E-state index in [-0.39, 0.29) is 17.4 Å². The molecule has 114 valence electrons.